The zero-order valence-electron chi connectivity index (χ0n) is 70.2. The quantitative estimate of drug-likeness (QED) is 0.0215. The summed E-state index contributed by atoms with van der Waals surface area (Å²) in [6.07, 6.45) is -10.2. The van der Waals surface area contributed by atoms with E-state index in [4.69, 9.17) is 63.1 Å². The Kier molecular flexibility index (Phi) is 30.9. The number of hydrogen-bond acceptors (Lipinski definition) is 24. The Morgan fingerprint density at radius 3 is 0.856 bits per heavy atom. The van der Waals surface area contributed by atoms with Gasteiger partial charge < -0.3 is 78.4 Å². The number of rotatable bonds is 18. The summed E-state index contributed by atoms with van der Waals surface area (Å²) in [5, 5.41) is 21.0. The molecule has 30 N–H and O–H groups in total. The Balaban J connectivity index is 0.000000242. The van der Waals surface area contributed by atoms with Gasteiger partial charge in [-0.25, -0.2) is 50.9 Å². The van der Waals surface area contributed by atoms with Crippen LogP contribution < -0.4 is 97.5 Å². The van der Waals surface area contributed by atoms with Crippen LogP contribution in [-0.2, 0) is 67.3 Å². The molecule has 0 bridgehead atoms. The lowest BCUT2D eigenvalue weighted by Gasteiger charge is -2.20. The molecule has 0 radical (unpaired) electrons. The third kappa shape index (κ3) is 22.8. The van der Waals surface area contributed by atoms with Gasteiger partial charge in [-0.15, -0.1) is 0 Å². The molecule has 10 aromatic rings. The van der Waals surface area contributed by atoms with Crippen molar-refractivity contribution in [3.05, 3.63) is 221 Å². The highest BCUT2D eigenvalue weighted by Crippen LogP contribution is 2.43. The molecule has 125 heavy (non-hydrogen) atoms. The fraction of sp³-hybridized carbons (Fsp3) is 0.225. The number of benzene rings is 10. The number of nitrogens with one attached hydrogen (secondary N) is 6. The Bertz CT molecular complexity index is 6380. The van der Waals surface area contributed by atoms with E-state index in [1.54, 1.807) is 119 Å². The minimum atomic E-state index is -5.12. The molecular weight excluding hydrogens is 1750 g/mol. The van der Waals surface area contributed by atoms with Crippen molar-refractivity contribution in [3.8, 4) is 0 Å². The summed E-state index contributed by atoms with van der Waals surface area (Å²) >= 11 is 0. The Morgan fingerprint density at radius 1 is 0.328 bits per heavy atom. The smallest absolute Gasteiger partial charge is 0.423 e. The van der Waals surface area contributed by atoms with Gasteiger partial charge in [0.25, 0.3) is 50.1 Å². The van der Waals surface area contributed by atoms with Crippen molar-refractivity contribution in [3.63, 3.8) is 0 Å². The fourth-order valence-corrected chi connectivity index (χ4v) is 20.9. The second kappa shape index (κ2) is 38.2. The van der Waals surface area contributed by atoms with Gasteiger partial charge in [0.2, 0.25) is 11.8 Å². The number of nitrogens with two attached hydrogens (primary N) is 11. The van der Waals surface area contributed by atoms with Crippen LogP contribution in [0.2, 0.25) is 0 Å². The number of carbonyl (C=O) groups is 2. The van der Waals surface area contributed by atoms with E-state index in [1.807, 2.05) is 0 Å². The van der Waals surface area contributed by atoms with Crippen LogP contribution >= 0.6 is 0 Å². The van der Waals surface area contributed by atoms with Crippen molar-refractivity contribution in [2.24, 2.45) is 5.73 Å². The molecule has 0 unspecified atom stereocenters. The minimum Gasteiger partial charge on any atom is -0.423 e. The largest absolute Gasteiger partial charge is 0.488 e. The number of anilines is 16. The number of hydrogen-bond donors (Lipinski definition) is 19. The van der Waals surface area contributed by atoms with Crippen LogP contribution in [0.25, 0.3) is 0 Å². The zero-order chi connectivity index (χ0) is 95.5. The van der Waals surface area contributed by atoms with E-state index in [0.717, 1.165) is 12.1 Å². The van der Waals surface area contributed by atoms with E-state index in [2.05, 4.69) is 24.2 Å². The normalized spacial score (nSPS) is 11.7. The zero-order valence-corrected chi connectivity index (χ0v) is 74.3. The van der Waals surface area contributed by atoms with Gasteiger partial charge in [0.1, 0.15) is 11.6 Å². The van der Waals surface area contributed by atoms with Crippen LogP contribution in [0.15, 0.2) is 134 Å². The van der Waals surface area contributed by atoms with Gasteiger partial charge in [-0.05, 0) is 284 Å². The van der Waals surface area contributed by atoms with Crippen LogP contribution in [0.5, 0.6) is 0 Å². The van der Waals surface area contributed by atoms with Crippen LogP contribution in [0.4, 0.5) is 126 Å². The van der Waals surface area contributed by atoms with Crippen molar-refractivity contribution >= 4 is 166 Å². The van der Waals surface area contributed by atoms with Crippen molar-refractivity contribution in [2.45, 2.75) is 148 Å². The monoisotopic (exact) mass is 1840 g/mol. The third-order valence-corrected chi connectivity index (χ3v) is 28.4. The van der Waals surface area contributed by atoms with Gasteiger partial charge >= 0.3 is 19.5 Å². The van der Waals surface area contributed by atoms with Crippen LogP contribution in [0.3, 0.4) is 0 Å². The molecular formula is C80H96BF8N17O14S5. The number of carbonyl (C=O) groups excluding carboxylic acids is 2. The van der Waals surface area contributed by atoms with Gasteiger partial charge in [-0.3, -0.25) is 33.2 Å². The molecule has 0 atom stereocenters. The summed E-state index contributed by atoms with van der Waals surface area (Å²) in [5.41, 5.74) is 71.0. The van der Waals surface area contributed by atoms with Crippen LogP contribution in [-0.4, -0.2) is 71.1 Å². The number of halogens is 8. The second-order valence-corrected chi connectivity index (χ2v) is 36.9. The molecule has 0 aromatic heterocycles. The predicted molar refractivity (Wildman–Crippen MR) is 476 cm³/mol. The van der Waals surface area contributed by atoms with Gasteiger partial charge in [-0.1, -0.05) is 12.1 Å². The number of alkyl halides is 6. The summed E-state index contributed by atoms with van der Waals surface area (Å²) in [5.74, 6) is -2.61. The second-order valence-electron chi connectivity index (χ2n) is 28.8. The van der Waals surface area contributed by atoms with Crippen molar-refractivity contribution in [2.75, 3.05) is 86.3 Å². The summed E-state index contributed by atoms with van der Waals surface area (Å²) in [6.45, 7) is 25.5. The lowest BCUT2D eigenvalue weighted by molar-refractivity contribution is -0.143. The standard InChI is InChI=1S/C17H17F6N3O2S.C17H22N4O3S.C16H20N4O3S.C15H20BN3O4S.C15H17F2N3O2S/c1-7-13(24)8(2)15(9(3)14(7)25)29(27,28)26-12-5-10(16(18,19)20)4-11(6-12)17(21,22)23;1-9-15(18)10(2)17(11(3)16(9)19)25(23,24)21-14-7-5-13(6-8-14)20-12(4)22;1-8-13(17)9(2)15(10(3)14(8)18)24(22,23)20-12-6-4-11(5-7-12)16(19)21;1-8-13(17)9(2)15(10(3)14(8)18)24(22,23)19-12-6-4-5-11(7-12)16(20)21;1-7-13(18)8(2)15(9(3)14(7)19)23(21,22)20-12-5-4-10(16)6-11(12)17/h4-6,26H,24-25H2,1-3H3;5-8,21H,18-19H2,1-4H3,(H,20,22);4-7,20H,17-18H2,1-3H3,(H2,19,21);4-7,19-21H,17-18H2,1-3H3;4-6,20H,18-19H2,1-3H3. The molecule has 0 heterocycles. The molecule has 0 saturated heterocycles. The summed E-state index contributed by atoms with van der Waals surface area (Å²) in [4.78, 5) is 21.7. The topological polar surface area (TPSA) is 604 Å². The first-order valence-electron chi connectivity index (χ1n) is 36.5. The maximum atomic E-state index is 13.7. The van der Waals surface area contributed by atoms with E-state index < -0.39 is 109 Å². The summed E-state index contributed by atoms with van der Waals surface area (Å²) in [7, 11) is -22.2. The number of primary amides is 1. The SMILES string of the molecule is CC(=O)Nc1ccc(NS(=O)(=O)c2c(C)c(N)c(C)c(N)c2C)cc1.Cc1c(N)c(C)c(S(=O)(=O)Nc2cc(C(F)(F)F)cc(C(F)(F)F)c2)c(C)c1N.Cc1c(N)c(C)c(S(=O)(=O)Nc2ccc(C(N)=O)cc2)c(C)c1N.Cc1c(N)c(C)c(S(=O)(=O)Nc2ccc(F)cc2F)c(C)c1N.Cc1c(N)c(C)c(S(=O)(=O)Nc2cccc(B(O)O)c2)c(C)c1N. The van der Waals surface area contributed by atoms with Gasteiger partial charge in [0.15, 0.2) is 0 Å². The van der Waals surface area contributed by atoms with Crippen molar-refractivity contribution in [1.82, 2.24) is 0 Å². The molecule has 0 aliphatic heterocycles. The lowest BCUT2D eigenvalue weighted by atomic mass is 9.80. The van der Waals surface area contributed by atoms with E-state index in [0.29, 0.717) is 130 Å². The number of sulfonamides is 5. The van der Waals surface area contributed by atoms with E-state index >= 15 is 0 Å². The first-order chi connectivity index (χ1) is 57.2. The molecule has 10 aromatic carbocycles. The Hall–Kier alpha value is -12.7. The minimum absolute atomic E-state index is 0.0260. The third-order valence-electron chi connectivity index (χ3n) is 20.2. The van der Waals surface area contributed by atoms with Gasteiger partial charge in [-0.2, -0.15) is 26.3 Å². The highest BCUT2D eigenvalue weighted by atomic mass is 32.2. The molecule has 0 aliphatic rings. The first kappa shape index (κ1) is 101. The maximum absolute atomic E-state index is 13.7. The highest BCUT2D eigenvalue weighted by molar-refractivity contribution is 7.94. The summed E-state index contributed by atoms with van der Waals surface area (Å²) in [6, 6.07) is 21.0. The van der Waals surface area contributed by atoms with E-state index in [1.165, 1.54) is 69.3 Å². The fourth-order valence-electron chi connectivity index (χ4n) is 13.1. The molecule has 2 amide bonds. The average Bonchev–Trinajstić information content (AvgIpc) is 0.780. The van der Waals surface area contributed by atoms with Crippen LogP contribution in [0.1, 0.15) is 112 Å². The molecule has 0 spiro atoms. The van der Waals surface area contributed by atoms with E-state index in [-0.39, 0.29) is 100.0 Å². The Morgan fingerprint density at radius 2 is 0.592 bits per heavy atom. The number of nitrogen functional groups attached to an aromatic ring is 10. The lowest BCUT2D eigenvalue weighted by Crippen LogP contribution is -2.30. The Labute approximate surface area is 718 Å². The summed E-state index contributed by atoms with van der Waals surface area (Å²) < 4.78 is 243. The molecule has 0 saturated carbocycles. The average molecular weight is 1840 g/mol. The maximum Gasteiger partial charge on any atom is 0.488 e. The molecule has 674 valence electrons. The van der Waals surface area contributed by atoms with Gasteiger partial charge in [0, 0.05) is 98.2 Å². The molecule has 0 fully saturated rings. The molecule has 45 heteroatoms. The predicted octanol–water partition coefficient (Wildman–Crippen LogP) is 11.9. The van der Waals surface area contributed by atoms with Crippen molar-refractivity contribution < 1.29 is 96.8 Å². The molecule has 31 nitrogen and oxygen atoms in total. The van der Waals surface area contributed by atoms with Gasteiger partial charge in [0.05, 0.1) is 47.0 Å². The first-order valence-corrected chi connectivity index (χ1v) is 44.0. The van der Waals surface area contributed by atoms with E-state index in [9.17, 15) is 96.8 Å². The number of amides is 2. The highest BCUT2D eigenvalue weighted by Gasteiger charge is 2.39. The van der Waals surface area contributed by atoms with Crippen molar-refractivity contribution in [1.29, 1.82) is 0 Å². The van der Waals surface area contributed by atoms with Crippen LogP contribution in [0, 0.1) is 115 Å². The molecule has 10 rings (SSSR count). The molecule has 0 aliphatic carbocycles.